The molecule has 6 heteroatoms. The zero-order chi connectivity index (χ0) is 17.0. The molecule has 0 radical (unpaired) electrons. The van der Waals surface area contributed by atoms with Crippen LogP contribution in [0.5, 0.6) is 5.75 Å². The fourth-order valence-electron chi connectivity index (χ4n) is 1.16. The Kier molecular flexibility index (Phi) is 10.3. The number of rotatable bonds is 6. The highest BCUT2D eigenvalue weighted by molar-refractivity contribution is 5.88. The molecule has 0 aliphatic carbocycles. The lowest BCUT2D eigenvalue weighted by molar-refractivity contribution is -0.144. The SMILES string of the molecule is CCC.O=C(/C=C/c1ccc(O)cc1)OCC(O)C(=O)CO. The number of carbonyl (C=O) groups excluding carboxylic acids is 2. The quantitative estimate of drug-likeness (QED) is 0.540. The Morgan fingerprint density at radius 2 is 1.77 bits per heavy atom. The minimum atomic E-state index is -1.52. The molecule has 0 aliphatic heterocycles. The molecule has 1 atom stereocenters. The standard InChI is InChI=1S/C13H14O6.C3H8/c14-7-11(16)12(17)8-19-13(18)6-3-9-1-4-10(15)5-2-9;1-3-2/h1-6,12,14-15,17H,7-8H2;3H2,1-2H3/b6-3+;. The predicted octanol–water partition coefficient (Wildman–Crippen LogP) is 1.29. The third-order valence-corrected chi connectivity index (χ3v) is 2.22. The second kappa shape index (κ2) is 11.5. The average molecular weight is 310 g/mol. The number of benzene rings is 1. The normalized spacial score (nSPS) is 11.5. The second-order valence-corrected chi connectivity index (χ2v) is 4.40. The Labute approximate surface area is 129 Å². The smallest absolute Gasteiger partial charge is 0.330 e. The maximum Gasteiger partial charge on any atom is 0.330 e. The predicted molar refractivity (Wildman–Crippen MR) is 82.2 cm³/mol. The van der Waals surface area contributed by atoms with Crippen molar-refractivity contribution < 1.29 is 29.6 Å². The van der Waals surface area contributed by atoms with E-state index in [1.807, 2.05) is 0 Å². The Morgan fingerprint density at radius 3 is 2.27 bits per heavy atom. The first-order valence-corrected chi connectivity index (χ1v) is 6.90. The van der Waals surface area contributed by atoms with Crippen molar-refractivity contribution in [1.82, 2.24) is 0 Å². The number of Topliss-reactive ketones (excluding diaryl/α,β-unsaturated/α-hetero) is 1. The lowest BCUT2D eigenvalue weighted by Gasteiger charge is -2.07. The van der Waals surface area contributed by atoms with E-state index in [2.05, 4.69) is 18.6 Å². The van der Waals surface area contributed by atoms with Crippen LogP contribution < -0.4 is 0 Å². The summed E-state index contributed by atoms with van der Waals surface area (Å²) in [6.45, 7) is 2.94. The van der Waals surface area contributed by atoms with Crippen LogP contribution in [0.2, 0.25) is 0 Å². The zero-order valence-corrected chi connectivity index (χ0v) is 12.7. The fraction of sp³-hybridized carbons (Fsp3) is 0.375. The summed E-state index contributed by atoms with van der Waals surface area (Å²) in [6.07, 6.45) is 2.32. The number of aliphatic hydroxyl groups is 2. The molecule has 1 aromatic carbocycles. The number of hydrogen-bond donors (Lipinski definition) is 3. The third-order valence-electron chi connectivity index (χ3n) is 2.22. The van der Waals surface area contributed by atoms with Gasteiger partial charge >= 0.3 is 5.97 Å². The van der Waals surface area contributed by atoms with E-state index in [9.17, 15) is 9.59 Å². The Hall–Kier alpha value is -2.18. The van der Waals surface area contributed by atoms with Gasteiger partial charge in [-0.15, -0.1) is 0 Å². The molecular weight excluding hydrogens is 288 g/mol. The molecule has 1 aromatic rings. The summed E-state index contributed by atoms with van der Waals surface area (Å²) in [5.41, 5.74) is 0.682. The van der Waals surface area contributed by atoms with Gasteiger partial charge in [0.1, 0.15) is 25.1 Å². The third kappa shape index (κ3) is 8.89. The number of phenols is 1. The van der Waals surface area contributed by atoms with Gasteiger partial charge in [0.25, 0.3) is 0 Å². The summed E-state index contributed by atoms with van der Waals surface area (Å²) in [5.74, 6) is -1.42. The molecule has 1 unspecified atom stereocenters. The van der Waals surface area contributed by atoms with Crippen LogP contribution in [-0.2, 0) is 14.3 Å². The van der Waals surface area contributed by atoms with Gasteiger partial charge in [0, 0.05) is 6.08 Å². The van der Waals surface area contributed by atoms with Gasteiger partial charge in [-0.05, 0) is 23.8 Å². The van der Waals surface area contributed by atoms with Crippen molar-refractivity contribution in [3.05, 3.63) is 35.9 Å². The van der Waals surface area contributed by atoms with Gasteiger partial charge in [-0.3, -0.25) is 4.79 Å². The number of esters is 1. The molecule has 0 saturated heterocycles. The molecule has 3 N–H and O–H groups in total. The number of phenolic OH excluding ortho intramolecular Hbond substituents is 1. The van der Waals surface area contributed by atoms with Gasteiger partial charge in [0.2, 0.25) is 0 Å². The Bertz CT molecular complexity index is 478. The van der Waals surface area contributed by atoms with Crippen LogP contribution in [0.3, 0.4) is 0 Å². The van der Waals surface area contributed by atoms with Crippen molar-refractivity contribution in [2.45, 2.75) is 26.4 Å². The highest BCUT2D eigenvalue weighted by atomic mass is 16.5. The zero-order valence-electron chi connectivity index (χ0n) is 12.7. The van der Waals surface area contributed by atoms with Gasteiger partial charge in [-0.2, -0.15) is 0 Å². The van der Waals surface area contributed by atoms with Gasteiger partial charge in [0.05, 0.1) is 0 Å². The van der Waals surface area contributed by atoms with E-state index in [-0.39, 0.29) is 5.75 Å². The Morgan fingerprint density at radius 1 is 1.23 bits per heavy atom. The van der Waals surface area contributed by atoms with Crippen molar-refractivity contribution in [2.24, 2.45) is 0 Å². The number of ketones is 1. The molecular formula is C16H22O6. The molecule has 0 saturated carbocycles. The van der Waals surface area contributed by atoms with Crippen LogP contribution in [0.15, 0.2) is 30.3 Å². The molecule has 0 fully saturated rings. The fourth-order valence-corrected chi connectivity index (χ4v) is 1.16. The molecule has 0 bridgehead atoms. The summed E-state index contributed by atoms with van der Waals surface area (Å²) >= 11 is 0. The van der Waals surface area contributed by atoms with Crippen LogP contribution in [0.4, 0.5) is 0 Å². The number of aliphatic hydroxyl groups excluding tert-OH is 2. The number of carbonyl (C=O) groups is 2. The first kappa shape index (κ1) is 19.8. The van der Waals surface area contributed by atoms with Gasteiger partial charge in [0.15, 0.2) is 5.78 Å². The van der Waals surface area contributed by atoms with Crippen LogP contribution >= 0.6 is 0 Å². The molecule has 1 rings (SSSR count). The largest absolute Gasteiger partial charge is 0.508 e. The summed E-state index contributed by atoms with van der Waals surface area (Å²) < 4.78 is 4.62. The lowest BCUT2D eigenvalue weighted by Crippen LogP contribution is -2.29. The molecule has 0 aliphatic rings. The summed E-state index contributed by atoms with van der Waals surface area (Å²) in [4.78, 5) is 22.1. The number of aromatic hydroxyl groups is 1. The molecule has 22 heavy (non-hydrogen) atoms. The first-order valence-electron chi connectivity index (χ1n) is 6.90. The number of hydrogen-bond acceptors (Lipinski definition) is 6. The maximum absolute atomic E-state index is 11.3. The minimum absolute atomic E-state index is 0.116. The van der Waals surface area contributed by atoms with Gasteiger partial charge in [-0.25, -0.2) is 4.79 Å². The summed E-state index contributed by atoms with van der Waals surface area (Å²) in [5, 5.41) is 26.7. The van der Waals surface area contributed by atoms with Crippen molar-refractivity contribution in [2.75, 3.05) is 13.2 Å². The van der Waals surface area contributed by atoms with E-state index in [1.165, 1.54) is 24.6 Å². The van der Waals surface area contributed by atoms with Crippen LogP contribution in [-0.4, -0.2) is 46.4 Å². The molecule has 0 heterocycles. The van der Waals surface area contributed by atoms with E-state index in [0.717, 1.165) is 6.08 Å². The van der Waals surface area contributed by atoms with Gasteiger partial charge < -0.3 is 20.1 Å². The number of ether oxygens (including phenoxy) is 1. The molecule has 0 aromatic heterocycles. The van der Waals surface area contributed by atoms with Gasteiger partial charge in [-0.1, -0.05) is 32.4 Å². The summed E-state index contributed by atoms with van der Waals surface area (Å²) in [7, 11) is 0. The van der Waals surface area contributed by atoms with E-state index in [1.54, 1.807) is 12.1 Å². The van der Waals surface area contributed by atoms with Crippen LogP contribution in [0, 0.1) is 0 Å². The summed E-state index contributed by atoms with van der Waals surface area (Å²) in [6, 6.07) is 6.13. The van der Waals surface area contributed by atoms with Crippen LogP contribution in [0.25, 0.3) is 6.08 Å². The lowest BCUT2D eigenvalue weighted by atomic mass is 10.2. The van der Waals surface area contributed by atoms with E-state index < -0.39 is 31.1 Å². The average Bonchev–Trinajstić information content (AvgIpc) is 2.52. The van der Waals surface area contributed by atoms with Crippen molar-refractivity contribution in [3.8, 4) is 5.75 Å². The Balaban J connectivity index is 0.00000135. The second-order valence-electron chi connectivity index (χ2n) is 4.40. The topological polar surface area (TPSA) is 104 Å². The molecule has 0 spiro atoms. The molecule has 6 nitrogen and oxygen atoms in total. The highest BCUT2D eigenvalue weighted by Gasteiger charge is 2.15. The van der Waals surface area contributed by atoms with E-state index in [4.69, 9.17) is 15.3 Å². The highest BCUT2D eigenvalue weighted by Crippen LogP contribution is 2.10. The molecule has 122 valence electrons. The monoisotopic (exact) mass is 310 g/mol. The van der Waals surface area contributed by atoms with Crippen LogP contribution in [0.1, 0.15) is 25.8 Å². The molecule has 0 amide bonds. The van der Waals surface area contributed by atoms with Crippen molar-refractivity contribution >= 4 is 17.8 Å². The minimum Gasteiger partial charge on any atom is -0.508 e. The van der Waals surface area contributed by atoms with Crippen molar-refractivity contribution in [1.29, 1.82) is 0 Å². The van der Waals surface area contributed by atoms with E-state index >= 15 is 0 Å². The first-order chi connectivity index (χ1) is 10.4. The van der Waals surface area contributed by atoms with E-state index in [0.29, 0.717) is 5.56 Å². The van der Waals surface area contributed by atoms with Crippen molar-refractivity contribution in [3.63, 3.8) is 0 Å². The maximum atomic E-state index is 11.3.